The van der Waals surface area contributed by atoms with E-state index in [-0.39, 0.29) is 17.4 Å². The molecular formula is C15H11F3N6O2. The van der Waals surface area contributed by atoms with Crippen molar-refractivity contribution in [2.45, 2.75) is 19.2 Å². The molecule has 2 N–H and O–H groups in total. The van der Waals surface area contributed by atoms with Crippen LogP contribution in [0.5, 0.6) is 5.75 Å². The number of aromatic nitrogens is 4. The summed E-state index contributed by atoms with van der Waals surface area (Å²) in [7, 11) is 0. The lowest BCUT2D eigenvalue weighted by atomic mass is 10.2. The number of hydrogen-bond donors (Lipinski definition) is 2. The zero-order valence-electron chi connectivity index (χ0n) is 13.2. The van der Waals surface area contributed by atoms with Crippen LogP contribution in [0.3, 0.4) is 0 Å². The molecule has 0 radical (unpaired) electrons. The van der Waals surface area contributed by atoms with E-state index >= 15 is 0 Å². The number of rotatable bonds is 2. The van der Waals surface area contributed by atoms with Crippen LogP contribution in [0.15, 0.2) is 30.3 Å². The normalized spacial score (nSPS) is 16.8. The van der Waals surface area contributed by atoms with Crippen molar-refractivity contribution in [1.82, 2.24) is 19.8 Å². The van der Waals surface area contributed by atoms with Crippen molar-refractivity contribution in [3.05, 3.63) is 36.2 Å². The second-order valence-corrected chi connectivity index (χ2v) is 5.60. The van der Waals surface area contributed by atoms with E-state index in [4.69, 9.17) is 4.74 Å². The van der Waals surface area contributed by atoms with Gasteiger partial charge >= 0.3 is 6.18 Å². The minimum Gasteiger partial charge on any atom is -0.479 e. The van der Waals surface area contributed by atoms with Gasteiger partial charge in [-0.05, 0) is 37.3 Å². The molecule has 0 bridgehead atoms. The van der Waals surface area contributed by atoms with Gasteiger partial charge in [0.15, 0.2) is 17.6 Å². The summed E-state index contributed by atoms with van der Waals surface area (Å²) < 4.78 is 44.9. The maximum Gasteiger partial charge on any atom is 0.453 e. The monoisotopic (exact) mass is 364 g/mol. The van der Waals surface area contributed by atoms with Crippen LogP contribution in [0.4, 0.5) is 30.4 Å². The van der Waals surface area contributed by atoms with E-state index < -0.39 is 18.1 Å². The molecule has 0 unspecified atom stereocenters. The van der Waals surface area contributed by atoms with Crippen molar-refractivity contribution in [2.24, 2.45) is 0 Å². The van der Waals surface area contributed by atoms with Crippen LogP contribution in [-0.2, 0) is 11.0 Å². The molecule has 0 spiro atoms. The van der Waals surface area contributed by atoms with Gasteiger partial charge in [0.1, 0.15) is 5.75 Å². The highest BCUT2D eigenvalue weighted by Crippen LogP contribution is 2.33. The number of ether oxygens (including phenoxy) is 1. The first-order valence-corrected chi connectivity index (χ1v) is 7.49. The van der Waals surface area contributed by atoms with E-state index in [0.717, 1.165) is 0 Å². The van der Waals surface area contributed by atoms with Gasteiger partial charge in [0.05, 0.1) is 5.69 Å². The first-order valence-electron chi connectivity index (χ1n) is 7.49. The van der Waals surface area contributed by atoms with Gasteiger partial charge in [-0.2, -0.15) is 17.7 Å². The summed E-state index contributed by atoms with van der Waals surface area (Å²) in [5, 5.41) is 16.0. The third kappa shape index (κ3) is 2.76. The Morgan fingerprint density at radius 1 is 1.23 bits per heavy atom. The average molecular weight is 364 g/mol. The predicted molar refractivity (Wildman–Crippen MR) is 84.2 cm³/mol. The van der Waals surface area contributed by atoms with E-state index in [1.165, 1.54) is 12.1 Å². The topological polar surface area (TPSA) is 93.4 Å². The van der Waals surface area contributed by atoms with E-state index in [1.54, 1.807) is 25.1 Å². The van der Waals surface area contributed by atoms with Gasteiger partial charge in [-0.15, -0.1) is 15.3 Å². The van der Waals surface area contributed by atoms with Crippen LogP contribution in [0, 0.1) is 0 Å². The Kier molecular flexibility index (Phi) is 3.46. The second-order valence-electron chi connectivity index (χ2n) is 5.60. The fourth-order valence-electron chi connectivity index (χ4n) is 2.47. The standard InChI is InChI=1S/C15H11F3N6O2/c1-7-13(25)20-9-6-8(2-3-10(9)26-7)19-11-4-5-12-21-22-14(15(16,17)18)24(12)23-11/h2-7H,1H3,(H,19,23)(H,20,25)/t7-/m1/s1. The fourth-order valence-corrected chi connectivity index (χ4v) is 2.47. The Morgan fingerprint density at radius 3 is 2.81 bits per heavy atom. The number of benzene rings is 1. The van der Waals surface area contributed by atoms with Crippen molar-refractivity contribution >= 4 is 28.7 Å². The molecule has 4 rings (SSSR count). The lowest BCUT2D eigenvalue weighted by Gasteiger charge is -2.23. The third-order valence-electron chi connectivity index (χ3n) is 3.70. The second kappa shape index (κ2) is 5.58. The van der Waals surface area contributed by atoms with E-state index in [2.05, 4.69) is 25.9 Å². The molecule has 0 fully saturated rings. The number of amides is 1. The molecule has 0 saturated heterocycles. The van der Waals surface area contributed by atoms with Crippen LogP contribution >= 0.6 is 0 Å². The number of hydrogen-bond acceptors (Lipinski definition) is 6. The fraction of sp³-hybridized carbons (Fsp3) is 0.200. The zero-order chi connectivity index (χ0) is 18.5. The van der Waals surface area contributed by atoms with Gasteiger partial charge < -0.3 is 15.4 Å². The molecule has 2 aromatic heterocycles. The van der Waals surface area contributed by atoms with E-state index in [9.17, 15) is 18.0 Å². The zero-order valence-corrected chi connectivity index (χ0v) is 13.2. The third-order valence-corrected chi connectivity index (χ3v) is 3.70. The van der Waals surface area contributed by atoms with Crippen molar-refractivity contribution in [3.63, 3.8) is 0 Å². The molecule has 1 aliphatic rings. The highest BCUT2D eigenvalue weighted by atomic mass is 19.4. The molecular weight excluding hydrogens is 353 g/mol. The van der Waals surface area contributed by atoms with Gasteiger partial charge in [-0.25, -0.2) is 0 Å². The summed E-state index contributed by atoms with van der Waals surface area (Å²) >= 11 is 0. The van der Waals surface area contributed by atoms with Crippen LogP contribution in [0.1, 0.15) is 12.7 Å². The highest BCUT2D eigenvalue weighted by Gasteiger charge is 2.37. The number of anilines is 3. The Bertz CT molecular complexity index is 1020. The van der Waals surface area contributed by atoms with Crippen LogP contribution < -0.4 is 15.4 Å². The van der Waals surface area contributed by atoms with Crippen molar-refractivity contribution in [2.75, 3.05) is 10.6 Å². The summed E-state index contributed by atoms with van der Waals surface area (Å²) in [6.45, 7) is 1.63. The highest BCUT2D eigenvalue weighted by molar-refractivity contribution is 5.98. The number of nitrogens with one attached hydrogen (secondary N) is 2. The van der Waals surface area contributed by atoms with Crippen molar-refractivity contribution < 1.29 is 22.7 Å². The number of fused-ring (bicyclic) bond motifs is 2. The molecule has 1 aromatic carbocycles. The molecule has 11 heteroatoms. The average Bonchev–Trinajstić information content (AvgIpc) is 2.99. The molecule has 1 atom stereocenters. The first-order chi connectivity index (χ1) is 12.3. The maximum absolute atomic E-state index is 12.9. The minimum atomic E-state index is -4.67. The van der Waals surface area contributed by atoms with Crippen LogP contribution in [-0.4, -0.2) is 31.8 Å². The predicted octanol–water partition coefficient (Wildman–Crippen LogP) is 2.61. The van der Waals surface area contributed by atoms with E-state index in [0.29, 0.717) is 21.6 Å². The molecule has 1 amide bonds. The first kappa shape index (κ1) is 16.1. The van der Waals surface area contributed by atoms with Crippen LogP contribution in [0.2, 0.25) is 0 Å². The summed E-state index contributed by atoms with van der Waals surface area (Å²) in [6.07, 6.45) is -5.27. The summed E-state index contributed by atoms with van der Waals surface area (Å²) in [5.41, 5.74) is 0.943. The Labute approximate surface area is 144 Å². The Balaban J connectivity index is 1.65. The molecule has 26 heavy (non-hydrogen) atoms. The van der Waals surface area contributed by atoms with Crippen molar-refractivity contribution in [3.8, 4) is 5.75 Å². The minimum absolute atomic E-state index is 0.0250. The number of halogens is 3. The van der Waals surface area contributed by atoms with Crippen LogP contribution in [0.25, 0.3) is 5.65 Å². The lowest BCUT2D eigenvalue weighted by Crippen LogP contribution is -2.34. The lowest BCUT2D eigenvalue weighted by molar-refractivity contribution is -0.146. The van der Waals surface area contributed by atoms with Gasteiger partial charge in [0, 0.05) is 5.69 Å². The van der Waals surface area contributed by atoms with Gasteiger partial charge in [-0.3, -0.25) is 4.79 Å². The molecule has 1 aliphatic heterocycles. The Hall–Kier alpha value is -3.37. The summed E-state index contributed by atoms with van der Waals surface area (Å²) in [4.78, 5) is 11.7. The number of carbonyl (C=O) groups is 1. The molecule has 3 aromatic rings. The molecule has 3 heterocycles. The summed E-state index contributed by atoms with van der Waals surface area (Å²) in [5.74, 6) is -0.840. The smallest absolute Gasteiger partial charge is 0.453 e. The van der Waals surface area contributed by atoms with Crippen molar-refractivity contribution in [1.29, 1.82) is 0 Å². The number of alkyl halides is 3. The summed E-state index contributed by atoms with van der Waals surface area (Å²) in [6, 6.07) is 7.74. The van der Waals surface area contributed by atoms with Gasteiger partial charge in [-0.1, -0.05) is 0 Å². The number of nitrogens with zero attached hydrogens (tertiary/aromatic N) is 4. The Morgan fingerprint density at radius 2 is 2.04 bits per heavy atom. The van der Waals surface area contributed by atoms with Gasteiger partial charge in [0.25, 0.3) is 11.7 Å². The number of carbonyl (C=O) groups excluding carboxylic acids is 1. The van der Waals surface area contributed by atoms with Gasteiger partial charge in [0.2, 0.25) is 0 Å². The molecule has 134 valence electrons. The largest absolute Gasteiger partial charge is 0.479 e. The SMILES string of the molecule is C[C@H]1Oc2ccc(Nc3ccc4nnc(C(F)(F)F)n4n3)cc2NC1=O. The molecule has 0 aliphatic carbocycles. The molecule has 8 nitrogen and oxygen atoms in total. The maximum atomic E-state index is 12.9. The quantitative estimate of drug-likeness (QED) is 0.726. The van der Waals surface area contributed by atoms with E-state index in [1.807, 2.05) is 0 Å². The molecule has 0 saturated carbocycles.